The molecule has 0 bridgehead atoms. The second kappa shape index (κ2) is 4.68. The van der Waals surface area contributed by atoms with E-state index >= 15 is 0 Å². The van der Waals surface area contributed by atoms with Crippen LogP contribution in [0.25, 0.3) is 0 Å². The standard InChI is InChI=1S/C16H20O2/c1-3-17-16(12-5-6-12)15-9-7-13-10-11(2)4-8-14(13)18-15/h4,8,10,15H,3,5-7,9H2,1-2H3. The molecule has 1 aliphatic heterocycles. The van der Waals surface area contributed by atoms with Gasteiger partial charge in [0.05, 0.1) is 6.61 Å². The summed E-state index contributed by atoms with van der Waals surface area (Å²) in [4.78, 5) is 0. The lowest BCUT2D eigenvalue weighted by Gasteiger charge is -2.28. The Labute approximate surface area is 109 Å². The lowest BCUT2D eigenvalue weighted by atomic mass is 9.99. The average molecular weight is 244 g/mol. The van der Waals surface area contributed by atoms with Crippen molar-refractivity contribution in [1.82, 2.24) is 0 Å². The van der Waals surface area contributed by atoms with E-state index in [9.17, 15) is 0 Å². The molecular weight excluding hydrogens is 224 g/mol. The number of ether oxygens (including phenoxy) is 2. The summed E-state index contributed by atoms with van der Waals surface area (Å²) < 4.78 is 11.9. The van der Waals surface area contributed by atoms with Crippen LogP contribution in [0.2, 0.25) is 0 Å². The Morgan fingerprint density at radius 1 is 1.33 bits per heavy atom. The molecule has 0 radical (unpaired) electrons. The Hall–Kier alpha value is -1.44. The molecule has 0 amide bonds. The Bertz CT molecular complexity index is 482. The second-order valence-corrected chi connectivity index (χ2v) is 5.16. The molecular formula is C16H20O2. The van der Waals surface area contributed by atoms with Crippen LogP contribution in [0, 0.1) is 6.92 Å². The van der Waals surface area contributed by atoms with Crippen LogP contribution in [0.3, 0.4) is 0 Å². The van der Waals surface area contributed by atoms with Crippen molar-refractivity contribution in [2.75, 3.05) is 6.61 Å². The van der Waals surface area contributed by atoms with Gasteiger partial charge in [-0.05, 0) is 56.7 Å². The summed E-state index contributed by atoms with van der Waals surface area (Å²) in [6.07, 6.45) is 4.64. The fraction of sp³-hybridized carbons (Fsp3) is 0.500. The van der Waals surface area contributed by atoms with E-state index in [-0.39, 0.29) is 6.10 Å². The van der Waals surface area contributed by atoms with Crippen molar-refractivity contribution < 1.29 is 9.47 Å². The smallest absolute Gasteiger partial charge is 0.156 e. The number of benzene rings is 1. The summed E-state index contributed by atoms with van der Waals surface area (Å²) in [6, 6.07) is 6.44. The molecule has 0 saturated heterocycles. The molecule has 3 rings (SSSR count). The van der Waals surface area contributed by atoms with Crippen LogP contribution in [0.15, 0.2) is 29.5 Å². The molecule has 0 aromatic heterocycles. The van der Waals surface area contributed by atoms with Gasteiger partial charge >= 0.3 is 0 Å². The Kier molecular flexibility index (Phi) is 3.02. The molecule has 1 saturated carbocycles. The minimum atomic E-state index is 0.137. The number of hydrogen-bond donors (Lipinski definition) is 0. The minimum Gasteiger partial charge on any atom is -0.494 e. The quantitative estimate of drug-likeness (QED) is 0.753. The number of hydrogen-bond acceptors (Lipinski definition) is 2. The van der Waals surface area contributed by atoms with Crippen LogP contribution in [0.5, 0.6) is 5.75 Å². The molecule has 2 heteroatoms. The summed E-state index contributed by atoms with van der Waals surface area (Å²) in [5, 5.41) is 0. The van der Waals surface area contributed by atoms with Crippen molar-refractivity contribution in [1.29, 1.82) is 0 Å². The molecule has 2 aliphatic rings. The van der Waals surface area contributed by atoms with E-state index in [1.165, 1.54) is 29.5 Å². The third-order valence-corrected chi connectivity index (χ3v) is 3.60. The van der Waals surface area contributed by atoms with Gasteiger partial charge in [0.1, 0.15) is 11.5 Å². The maximum Gasteiger partial charge on any atom is 0.156 e. The van der Waals surface area contributed by atoms with Crippen molar-refractivity contribution in [3.8, 4) is 5.75 Å². The van der Waals surface area contributed by atoms with Gasteiger partial charge in [-0.25, -0.2) is 0 Å². The number of allylic oxidation sites excluding steroid dienone is 1. The van der Waals surface area contributed by atoms with Gasteiger partial charge in [0.15, 0.2) is 6.10 Å². The van der Waals surface area contributed by atoms with Gasteiger partial charge in [-0.15, -0.1) is 0 Å². The maximum absolute atomic E-state index is 6.12. The van der Waals surface area contributed by atoms with Crippen LogP contribution < -0.4 is 4.74 Å². The highest BCUT2D eigenvalue weighted by atomic mass is 16.5. The fourth-order valence-corrected chi connectivity index (χ4v) is 2.59. The van der Waals surface area contributed by atoms with E-state index in [1.54, 1.807) is 0 Å². The zero-order valence-corrected chi connectivity index (χ0v) is 11.2. The van der Waals surface area contributed by atoms with Crippen LogP contribution in [0.4, 0.5) is 0 Å². The minimum absolute atomic E-state index is 0.137. The zero-order valence-electron chi connectivity index (χ0n) is 11.2. The highest BCUT2D eigenvalue weighted by Gasteiger charge is 2.30. The summed E-state index contributed by atoms with van der Waals surface area (Å²) >= 11 is 0. The summed E-state index contributed by atoms with van der Waals surface area (Å²) in [5.74, 6) is 2.15. The van der Waals surface area contributed by atoms with E-state index in [2.05, 4.69) is 25.1 Å². The highest BCUT2D eigenvalue weighted by molar-refractivity contribution is 5.40. The van der Waals surface area contributed by atoms with Crippen LogP contribution in [0.1, 0.15) is 37.3 Å². The lowest BCUT2D eigenvalue weighted by molar-refractivity contribution is 0.108. The van der Waals surface area contributed by atoms with Crippen molar-refractivity contribution in [3.63, 3.8) is 0 Å². The Morgan fingerprint density at radius 2 is 2.17 bits per heavy atom. The van der Waals surface area contributed by atoms with Gasteiger partial charge in [0.25, 0.3) is 0 Å². The third-order valence-electron chi connectivity index (χ3n) is 3.60. The first-order valence-electron chi connectivity index (χ1n) is 6.89. The second-order valence-electron chi connectivity index (χ2n) is 5.16. The number of rotatable bonds is 3. The van der Waals surface area contributed by atoms with Crippen LogP contribution in [-0.4, -0.2) is 12.7 Å². The van der Waals surface area contributed by atoms with Crippen molar-refractivity contribution in [2.24, 2.45) is 0 Å². The van der Waals surface area contributed by atoms with E-state index < -0.39 is 0 Å². The molecule has 0 N–H and O–H groups in total. The highest BCUT2D eigenvalue weighted by Crippen LogP contribution is 2.38. The summed E-state index contributed by atoms with van der Waals surface area (Å²) in [6.45, 7) is 4.91. The average Bonchev–Trinajstić information content (AvgIpc) is 3.20. The molecule has 2 nitrogen and oxygen atoms in total. The molecule has 0 spiro atoms. The third kappa shape index (κ3) is 2.24. The number of aryl methyl sites for hydroxylation is 2. The molecule has 18 heavy (non-hydrogen) atoms. The summed E-state index contributed by atoms with van der Waals surface area (Å²) in [5.41, 5.74) is 4.10. The molecule has 1 aromatic rings. The molecule has 1 aromatic carbocycles. The van der Waals surface area contributed by atoms with Gasteiger partial charge in [-0.2, -0.15) is 0 Å². The van der Waals surface area contributed by atoms with Gasteiger partial charge in [-0.1, -0.05) is 17.7 Å². The first kappa shape index (κ1) is 11.6. The van der Waals surface area contributed by atoms with Gasteiger partial charge in [-0.3, -0.25) is 0 Å². The molecule has 1 atom stereocenters. The number of fused-ring (bicyclic) bond motifs is 1. The molecule has 1 heterocycles. The van der Waals surface area contributed by atoms with Crippen LogP contribution >= 0.6 is 0 Å². The summed E-state index contributed by atoms with van der Waals surface area (Å²) in [7, 11) is 0. The monoisotopic (exact) mass is 244 g/mol. The molecule has 96 valence electrons. The molecule has 1 fully saturated rings. The first-order chi connectivity index (χ1) is 8.78. The Balaban J connectivity index is 1.82. The topological polar surface area (TPSA) is 18.5 Å². The SMILES string of the molecule is CCOC(=C1CC1)C1CCc2cc(C)ccc2O1. The molecule has 1 unspecified atom stereocenters. The van der Waals surface area contributed by atoms with Crippen LogP contribution in [-0.2, 0) is 11.2 Å². The largest absolute Gasteiger partial charge is 0.494 e. The van der Waals surface area contributed by atoms with Gasteiger partial charge < -0.3 is 9.47 Å². The van der Waals surface area contributed by atoms with E-state index in [0.29, 0.717) is 0 Å². The van der Waals surface area contributed by atoms with E-state index in [1.807, 2.05) is 6.92 Å². The van der Waals surface area contributed by atoms with Gasteiger partial charge in [0, 0.05) is 0 Å². The van der Waals surface area contributed by atoms with E-state index in [0.717, 1.165) is 31.0 Å². The van der Waals surface area contributed by atoms with Gasteiger partial charge in [0.2, 0.25) is 0 Å². The first-order valence-corrected chi connectivity index (χ1v) is 6.89. The predicted octanol–water partition coefficient (Wildman–Crippen LogP) is 3.77. The van der Waals surface area contributed by atoms with E-state index in [4.69, 9.17) is 9.47 Å². The fourth-order valence-electron chi connectivity index (χ4n) is 2.59. The van der Waals surface area contributed by atoms with Crippen molar-refractivity contribution >= 4 is 0 Å². The Morgan fingerprint density at radius 3 is 2.89 bits per heavy atom. The molecule has 1 aliphatic carbocycles. The van der Waals surface area contributed by atoms with Crippen molar-refractivity contribution in [2.45, 2.75) is 45.6 Å². The normalized spacial score (nSPS) is 21.0. The predicted molar refractivity (Wildman–Crippen MR) is 71.8 cm³/mol. The maximum atomic E-state index is 6.12. The lowest BCUT2D eigenvalue weighted by Crippen LogP contribution is -2.26. The zero-order chi connectivity index (χ0) is 12.5. The van der Waals surface area contributed by atoms with Crippen molar-refractivity contribution in [3.05, 3.63) is 40.7 Å².